The Labute approximate surface area is 453 Å². The summed E-state index contributed by atoms with van der Waals surface area (Å²) in [7, 11) is 4.05. The molecule has 0 radical (unpaired) electrons. The number of hydrogen-bond donors (Lipinski definition) is 6. The van der Waals surface area contributed by atoms with Crippen LogP contribution in [0.15, 0.2) is 77.1 Å². The lowest BCUT2D eigenvalue weighted by Gasteiger charge is -2.44. The lowest BCUT2D eigenvalue weighted by atomic mass is 9.71. The molecular weight excluding hydrogens is 977 g/mol. The third kappa shape index (κ3) is 11.0. The fraction of sp³-hybridized carbons (Fsp3) is 0.656. The van der Waals surface area contributed by atoms with E-state index < -0.39 is 22.7 Å². The first-order chi connectivity index (χ1) is 36.3. The zero-order valence-electron chi connectivity index (χ0n) is 44.6. The number of fused-ring (bicyclic) bond motifs is 12. The molecular formula is C61H84N6O6S2. The Bertz CT molecular complexity index is 2560. The number of nitrogens with two attached hydrogens (primary N) is 2. The Morgan fingerprint density at radius 3 is 2.63 bits per heavy atom. The minimum Gasteiger partial charge on any atom is -0.504 e. The molecule has 5 fully saturated rings. The van der Waals surface area contributed by atoms with Crippen LogP contribution in [0.3, 0.4) is 0 Å². The van der Waals surface area contributed by atoms with Gasteiger partial charge in [0.1, 0.15) is 16.1 Å². The number of rotatable bonds is 6. The molecule has 6 heterocycles. The van der Waals surface area contributed by atoms with Gasteiger partial charge in [0.15, 0.2) is 17.5 Å². The van der Waals surface area contributed by atoms with E-state index in [0.717, 1.165) is 93.1 Å². The van der Waals surface area contributed by atoms with Gasteiger partial charge < -0.3 is 46.7 Å². The fourth-order valence-electron chi connectivity index (χ4n) is 16.1. The lowest BCUT2D eigenvalue weighted by molar-refractivity contribution is -0.168. The monoisotopic (exact) mass is 1060 g/mol. The highest BCUT2D eigenvalue weighted by Crippen LogP contribution is 2.63. The maximum atomic E-state index is 14.6. The minimum atomic E-state index is -0.822. The number of dihydropyridines is 1. The Kier molecular flexibility index (Phi) is 15.4. The maximum absolute atomic E-state index is 14.6. The number of phenolic OH excluding ortho intramolecular Hbond substituents is 1. The molecule has 1 saturated heterocycles. The fourth-order valence-corrected chi connectivity index (χ4v) is 20.0. The molecule has 0 aromatic heterocycles. The molecule has 406 valence electrons. The summed E-state index contributed by atoms with van der Waals surface area (Å²) in [5.74, 6) is 3.63. The van der Waals surface area contributed by atoms with Gasteiger partial charge in [-0.1, -0.05) is 83.3 Å². The molecule has 14 heteroatoms. The molecule has 0 unspecified atom stereocenters. The van der Waals surface area contributed by atoms with Crippen molar-refractivity contribution in [3.63, 3.8) is 0 Å². The van der Waals surface area contributed by atoms with Crippen molar-refractivity contribution in [2.45, 2.75) is 196 Å². The minimum absolute atomic E-state index is 0.0464. The second-order valence-corrected chi connectivity index (χ2v) is 27.5. The zero-order chi connectivity index (χ0) is 51.8. The van der Waals surface area contributed by atoms with E-state index in [9.17, 15) is 19.8 Å². The number of esters is 1. The highest BCUT2D eigenvalue weighted by Gasteiger charge is 2.57. The van der Waals surface area contributed by atoms with Crippen molar-refractivity contribution >= 4 is 39.4 Å². The molecule has 6 aliphatic heterocycles. The van der Waals surface area contributed by atoms with Crippen LogP contribution >= 0.6 is 21.6 Å². The number of ether oxygens (including phenoxy) is 2. The van der Waals surface area contributed by atoms with Gasteiger partial charge in [-0.05, 0) is 169 Å². The molecule has 2 aromatic carbocycles. The van der Waals surface area contributed by atoms with Crippen LogP contribution in [-0.4, -0.2) is 80.5 Å². The molecule has 3 spiro atoms. The third-order valence-electron chi connectivity index (χ3n) is 20.0. The van der Waals surface area contributed by atoms with Crippen molar-refractivity contribution in [2.75, 3.05) is 25.4 Å². The van der Waals surface area contributed by atoms with E-state index in [0.29, 0.717) is 99.5 Å². The van der Waals surface area contributed by atoms with E-state index in [1.165, 1.54) is 51.0 Å². The summed E-state index contributed by atoms with van der Waals surface area (Å²) in [6.45, 7) is 3.34. The van der Waals surface area contributed by atoms with Crippen molar-refractivity contribution in [1.82, 2.24) is 15.5 Å². The number of allylic oxidation sites excluding steroid dienone is 3. The van der Waals surface area contributed by atoms with Crippen molar-refractivity contribution in [1.29, 1.82) is 0 Å². The average molecular weight is 1060 g/mol. The first kappa shape index (κ1) is 52.8. The molecule has 5 aliphatic carbocycles. The predicted octanol–water partition coefficient (Wildman–Crippen LogP) is 10.8. The number of aliphatic hydroxyl groups is 1. The number of aromatic hydroxyl groups is 1. The number of phenols is 1. The van der Waals surface area contributed by atoms with Gasteiger partial charge >= 0.3 is 5.97 Å². The summed E-state index contributed by atoms with van der Waals surface area (Å²) in [6.07, 6.45) is 30.4. The number of guanidine groups is 1. The van der Waals surface area contributed by atoms with Crippen LogP contribution in [0.4, 0.5) is 0 Å². The normalized spacial score (nSPS) is 34.9. The number of nitrogens with one attached hydrogen (secondary N) is 2. The topological polar surface area (TPSA) is 185 Å². The smallest absolute Gasteiger partial charge is 0.303 e. The molecule has 75 heavy (non-hydrogen) atoms. The molecule has 4 saturated carbocycles. The van der Waals surface area contributed by atoms with Gasteiger partial charge in [-0.3, -0.25) is 14.6 Å². The van der Waals surface area contributed by atoms with Gasteiger partial charge in [-0.15, -0.1) is 0 Å². The van der Waals surface area contributed by atoms with E-state index in [-0.39, 0.29) is 46.3 Å². The van der Waals surface area contributed by atoms with Crippen molar-refractivity contribution in [3.8, 4) is 11.5 Å². The van der Waals surface area contributed by atoms with Crippen LogP contribution in [-0.2, 0) is 33.7 Å². The maximum Gasteiger partial charge on any atom is 0.303 e. The number of benzene rings is 2. The van der Waals surface area contributed by atoms with Crippen molar-refractivity contribution in [2.24, 2.45) is 45.0 Å². The quantitative estimate of drug-likeness (QED) is 0.0916. The van der Waals surface area contributed by atoms with Gasteiger partial charge in [-0.2, -0.15) is 0 Å². The Hall–Kier alpha value is -4.27. The Morgan fingerprint density at radius 2 is 1.81 bits per heavy atom. The molecule has 1 amide bonds. The molecule has 2 aromatic rings. The second kappa shape index (κ2) is 21.9. The first-order valence-corrected chi connectivity index (χ1v) is 31.3. The summed E-state index contributed by atoms with van der Waals surface area (Å²) in [5, 5.41) is 31.8. The second-order valence-electron chi connectivity index (χ2n) is 24.8. The van der Waals surface area contributed by atoms with Gasteiger partial charge in [0.25, 0.3) is 0 Å². The number of carbonyl (C=O) groups excluding carboxylic acids is 2. The molecule has 11 aliphatic rings. The number of aliphatic hydroxyl groups excluding tert-OH is 1. The van der Waals surface area contributed by atoms with Crippen LogP contribution in [0.2, 0.25) is 0 Å². The van der Waals surface area contributed by atoms with Gasteiger partial charge in [0.05, 0.1) is 11.9 Å². The summed E-state index contributed by atoms with van der Waals surface area (Å²) < 4.78 is 13.5. The summed E-state index contributed by atoms with van der Waals surface area (Å²) in [4.78, 5) is 34.5. The highest BCUT2D eigenvalue weighted by molar-refractivity contribution is 8.77. The predicted molar refractivity (Wildman–Crippen MR) is 301 cm³/mol. The number of hydrogen-bond acceptors (Lipinski definition) is 13. The van der Waals surface area contributed by atoms with E-state index in [1.807, 2.05) is 32.6 Å². The van der Waals surface area contributed by atoms with Crippen LogP contribution < -0.4 is 26.8 Å². The van der Waals surface area contributed by atoms with Crippen LogP contribution in [0, 0.1) is 28.6 Å². The van der Waals surface area contributed by atoms with Gasteiger partial charge in [0.2, 0.25) is 5.91 Å². The standard InChI is InChI=1S/C61H84N6O6S2/c1-41(68)72-59-26-17-45(50(69)36-59)13-7-12-43(16-15-42-10-3-2-4-11-42)39-74-75-61(25-9-23-58(61)21-5-6-22-58)66-56(63)65-31-29-57(35-44-20-30-64-51(62)32-44)37-52(70)67(40-57)38-48-33-46(18-27-59)53-47-19-28-60(73-55(53)54(48)71)24-8-14-49(60)34-47/h2-4,10-11,19-20,28,32-33,43,45,47,49-50,64,69,71H,5-9,12-18,21-27,29-31,34-40,62H2,1H3,(H3,63,65,66)/t43-,45-,47+,49+,50+,57-,59+,60-,61-/m0/s1. The van der Waals surface area contributed by atoms with Crippen LogP contribution in [0.25, 0.3) is 0 Å². The van der Waals surface area contributed by atoms with E-state index in [1.54, 1.807) is 0 Å². The van der Waals surface area contributed by atoms with Crippen molar-refractivity contribution in [3.05, 3.63) is 94.4 Å². The molecule has 12 nitrogen and oxygen atoms in total. The van der Waals surface area contributed by atoms with Crippen molar-refractivity contribution < 1.29 is 29.3 Å². The number of nitrogens with zero attached hydrogens (tertiary/aromatic N) is 2. The lowest BCUT2D eigenvalue weighted by Crippen LogP contribution is -2.55. The third-order valence-corrected chi connectivity index (χ3v) is 23.3. The van der Waals surface area contributed by atoms with E-state index in [4.69, 9.17) is 25.9 Å². The largest absolute Gasteiger partial charge is 0.504 e. The first-order valence-electron chi connectivity index (χ1n) is 29.0. The molecule has 8 bridgehead atoms. The molecule has 9 atom stereocenters. The average Bonchev–Trinajstić information content (AvgIpc) is 4.15. The Morgan fingerprint density at radius 1 is 0.973 bits per heavy atom. The number of carbonyl (C=O) groups is 2. The summed E-state index contributed by atoms with van der Waals surface area (Å²) in [6, 6.07) is 13.0. The van der Waals surface area contributed by atoms with Crippen LogP contribution in [0.1, 0.15) is 176 Å². The van der Waals surface area contributed by atoms with Gasteiger partial charge in [-0.25, -0.2) is 0 Å². The van der Waals surface area contributed by atoms with E-state index in [2.05, 4.69) is 65.3 Å². The van der Waals surface area contributed by atoms with E-state index >= 15 is 0 Å². The highest BCUT2D eigenvalue weighted by atomic mass is 33.1. The molecule has 13 rings (SSSR count). The van der Waals surface area contributed by atoms with Crippen LogP contribution in [0.5, 0.6) is 11.5 Å². The molecule has 8 N–H and O–H groups in total. The summed E-state index contributed by atoms with van der Waals surface area (Å²) in [5.41, 5.74) is 17.1. The number of aliphatic imine (C=N–C) groups is 1. The SMILES string of the molecule is CC(=O)O[C@@]12CCc3cc(c(O)c4c3[C@@H]3C=C[C@]5(CCC[C@@H]5C3)O4)CN3C[C@](CC4=CCNC(N)=C4)(CCN=C(N)N[C@@]4(CCCC45CCCC5)SSC[C@H](CCc4ccccc4)CCC[C@@H](CC1)[C@H](O)C2)CC3=O. The van der Waals surface area contributed by atoms with Gasteiger partial charge in [0, 0.05) is 85.5 Å². The Balaban J connectivity index is 0.938. The zero-order valence-corrected chi connectivity index (χ0v) is 46.2. The summed E-state index contributed by atoms with van der Waals surface area (Å²) >= 11 is 0. The number of aryl methyl sites for hydroxylation is 2. The number of amides is 1.